The Bertz CT molecular complexity index is 2330. The van der Waals surface area contributed by atoms with Crippen molar-refractivity contribution in [2.45, 2.75) is 23.6 Å². The van der Waals surface area contributed by atoms with Gasteiger partial charge < -0.3 is 0 Å². The number of rotatable bonds is 6. The van der Waals surface area contributed by atoms with Crippen LogP contribution in [0, 0.1) is 13.8 Å². The summed E-state index contributed by atoms with van der Waals surface area (Å²) in [6, 6.07) is 22.9. The summed E-state index contributed by atoms with van der Waals surface area (Å²) in [4.78, 5) is -0.551. The highest BCUT2D eigenvalue weighted by Crippen LogP contribution is 2.38. The molecule has 0 fully saturated rings. The summed E-state index contributed by atoms with van der Waals surface area (Å²) in [6.07, 6.45) is 0.715. The standard InChI is InChI=1S/C28H22N4O6S2.CH4O3S/c1-17-10-15-26(39(33,34)35)25(16-17)32-30-23-14-13-22(19-6-3-4-7-20(19)23)29-31-24-12-11-18(2)28-21(24)8-5-9-27(28)40(36,37)38;1-5(2,3)4/h3-16H,1-2H3,(H,33,34,35)(H,36,37,38);1H3,(H,2,3,4). The third-order valence-corrected chi connectivity index (χ3v) is 8.06. The number of nitrogens with zero attached hydrogens (tertiary/aromatic N) is 4. The predicted molar refractivity (Wildman–Crippen MR) is 169 cm³/mol. The van der Waals surface area contributed by atoms with Gasteiger partial charge in [-0.15, -0.1) is 20.5 Å². The molecule has 5 aromatic carbocycles. The highest BCUT2D eigenvalue weighted by atomic mass is 32.2. The molecule has 0 saturated carbocycles. The average molecular weight is 671 g/mol. The van der Waals surface area contributed by atoms with Crippen LogP contribution in [0.4, 0.5) is 22.7 Å². The lowest BCUT2D eigenvalue weighted by Crippen LogP contribution is -1.99. The van der Waals surface area contributed by atoms with E-state index in [0.29, 0.717) is 50.4 Å². The van der Waals surface area contributed by atoms with E-state index in [9.17, 15) is 34.4 Å². The number of hydrogen-bond acceptors (Lipinski definition) is 10. The van der Waals surface area contributed by atoms with Crippen molar-refractivity contribution in [1.82, 2.24) is 0 Å². The maximum absolute atomic E-state index is 11.9. The molecule has 0 bridgehead atoms. The number of azo groups is 2. The lowest BCUT2D eigenvalue weighted by molar-refractivity contribution is 0.481. The van der Waals surface area contributed by atoms with Crippen LogP contribution < -0.4 is 0 Å². The third kappa shape index (κ3) is 8.39. The minimum absolute atomic E-state index is 0.00542. The number of benzene rings is 5. The van der Waals surface area contributed by atoms with Crippen molar-refractivity contribution in [2.75, 3.05) is 6.26 Å². The fourth-order valence-electron chi connectivity index (χ4n) is 4.41. The Labute approximate surface area is 259 Å². The van der Waals surface area contributed by atoms with Gasteiger partial charge in [-0.05, 0) is 61.4 Å². The van der Waals surface area contributed by atoms with Gasteiger partial charge in [-0.25, -0.2) is 0 Å². The molecule has 234 valence electrons. The van der Waals surface area contributed by atoms with Gasteiger partial charge in [0.05, 0.1) is 23.3 Å². The summed E-state index contributed by atoms with van der Waals surface area (Å²) in [5, 5.41) is 19.4. The first-order valence-electron chi connectivity index (χ1n) is 12.8. The van der Waals surface area contributed by atoms with E-state index in [-0.39, 0.29) is 15.5 Å². The Hall–Kier alpha value is -4.45. The molecule has 0 aliphatic carbocycles. The van der Waals surface area contributed by atoms with Crippen molar-refractivity contribution >= 4 is 74.6 Å². The van der Waals surface area contributed by atoms with Crippen molar-refractivity contribution in [3.05, 3.63) is 96.1 Å². The van der Waals surface area contributed by atoms with E-state index < -0.39 is 30.4 Å². The SMILES string of the molecule is CS(=O)(=O)O.Cc1ccc(S(=O)(=O)O)c(N=Nc2ccc(N=Nc3ccc(C)c4c(S(=O)(=O)O)cccc34)c3ccccc23)c1. The molecule has 0 aromatic heterocycles. The van der Waals surface area contributed by atoms with Gasteiger partial charge in [-0.1, -0.05) is 48.5 Å². The molecule has 0 radical (unpaired) electrons. The molecular weight excluding hydrogens is 645 g/mol. The van der Waals surface area contributed by atoms with Crippen molar-refractivity contribution < 1.29 is 38.9 Å². The Kier molecular flexibility index (Phi) is 9.57. The van der Waals surface area contributed by atoms with Crippen LogP contribution in [0.1, 0.15) is 11.1 Å². The van der Waals surface area contributed by atoms with E-state index in [4.69, 9.17) is 4.55 Å². The zero-order valence-corrected chi connectivity index (χ0v) is 26.3. The molecule has 0 spiro atoms. The van der Waals surface area contributed by atoms with Gasteiger partial charge >= 0.3 is 0 Å². The molecule has 13 nitrogen and oxygen atoms in total. The molecule has 0 saturated heterocycles. The topological polar surface area (TPSA) is 213 Å². The van der Waals surface area contributed by atoms with Gasteiger partial charge in [0.2, 0.25) is 0 Å². The normalized spacial score (nSPS) is 12.6. The van der Waals surface area contributed by atoms with Crippen LogP contribution >= 0.6 is 0 Å². The molecule has 3 N–H and O–H groups in total. The zero-order valence-electron chi connectivity index (χ0n) is 23.9. The Morgan fingerprint density at radius 3 is 1.47 bits per heavy atom. The van der Waals surface area contributed by atoms with Crippen LogP contribution in [0.25, 0.3) is 21.5 Å². The van der Waals surface area contributed by atoms with E-state index in [1.807, 2.05) is 24.3 Å². The van der Waals surface area contributed by atoms with E-state index in [1.165, 1.54) is 24.3 Å². The molecule has 45 heavy (non-hydrogen) atoms. The smallest absolute Gasteiger partial charge is 0.286 e. The predicted octanol–water partition coefficient (Wildman–Crippen LogP) is 7.44. The maximum atomic E-state index is 11.9. The van der Waals surface area contributed by atoms with Crippen LogP contribution in [0.5, 0.6) is 0 Å². The van der Waals surface area contributed by atoms with E-state index in [2.05, 4.69) is 20.5 Å². The molecule has 0 aliphatic rings. The second kappa shape index (κ2) is 12.9. The maximum Gasteiger partial charge on any atom is 0.296 e. The largest absolute Gasteiger partial charge is 0.296 e. The lowest BCUT2D eigenvalue weighted by Gasteiger charge is -2.09. The Morgan fingerprint density at radius 1 is 0.511 bits per heavy atom. The van der Waals surface area contributed by atoms with Gasteiger partial charge in [0, 0.05) is 21.5 Å². The average Bonchev–Trinajstić information content (AvgIpc) is 2.94. The first kappa shape index (κ1) is 33.4. The Morgan fingerprint density at radius 2 is 0.956 bits per heavy atom. The Balaban J connectivity index is 0.000000854. The summed E-state index contributed by atoms with van der Waals surface area (Å²) < 4.78 is 92.6. The first-order valence-corrected chi connectivity index (χ1v) is 17.5. The molecule has 0 unspecified atom stereocenters. The molecular formula is C29H26N4O9S3. The van der Waals surface area contributed by atoms with Gasteiger partial charge in [-0.3, -0.25) is 13.7 Å². The van der Waals surface area contributed by atoms with E-state index >= 15 is 0 Å². The van der Waals surface area contributed by atoms with Crippen LogP contribution in [0.3, 0.4) is 0 Å². The zero-order chi connectivity index (χ0) is 33.2. The molecule has 0 atom stereocenters. The van der Waals surface area contributed by atoms with Gasteiger partial charge in [0.1, 0.15) is 15.5 Å². The number of fused-ring (bicyclic) bond motifs is 2. The summed E-state index contributed by atoms with van der Waals surface area (Å²) in [7, 11) is -12.6. The van der Waals surface area contributed by atoms with Crippen molar-refractivity contribution in [3.8, 4) is 0 Å². The lowest BCUT2D eigenvalue weighted by atomic mass is 10.0. The van der Waals surface area contributed by atoms with Crippen LogP contribution in [0.2, 0.25) is 0 Å². The van der Waals surface area contributed by atoms with Crippen LogP contribution in [-0.2, 0) is 30.4 Å². The van der Waals surface area contributed by atoms with Crippen LogP contribution in [-0.4, -0.2) is 45.2 Å². The fourth-order valence-corrected chi connectivity index (χ4v) is 5.79. The highest BCUT2D eigenvalue weighted by Gasteiger charge is 2.18. The van der Waals surface area contributed by atoms with Crippen LogP contribution in [0.15, 0.2) is 115 Å². The highest BCUT2D eigenvalue weighted by molar-refractivity contribution is 7.86. The second-order valence-corrected chi connectivity index (χ2v) is 14.0. The second-order valence-electron chi connectivity index (χ2n) is 9.78. The number of hydrogen-bond donors (Lipinski definition) is 3. The quantitative estimate of drug-likeness (QED) is 0.121. The first-order chi connectivity index (χ1) is 20.9. The summed E-state index contributed by atoms with van der Waals surface area (Å²) in [5.41, 5.74) is 2.77. The molecule has 5 rings (SSSR count). The summed E-state index contributed by atoms with van der Waals surface area (Å²) in [5.74, 6) is 0. The summed E-state index contributed by atoms with van der Waals surface area (Å²) >= 11 is 0. The molecule has 5 aromatic rings. The molecule has 0 heterocycles. The minimum atomic E-state index is -4.50. The summed E-state index contributed by atoms with van der Waals surface area (Å²) in [6.45, 7) is 3.51. The van der Waals surface area contributed by atoms with Crippen molar-refractivity contribution in [2.24, 2.45) is 20.5 Å². The van der Waals surface area contributed by atoms with Gasteiger partial charge in [0.25, 0.3) is 30.4 Å². The number of aryl methyl sites for hydroxylation is 2. The van der Waals surface area contributed by atoms with E-state index in [1.54, 1.807) is 50.2 Å². The molecule has 0 amide bonds. The van der Waals surface area contributed by atoms with Crippen molar-refractivity contribution in [1.29, 1.82) is 0 Å². The van der Waals surface area contributed by atoms with Crippen molar-refractivity contribution in [3.63, 3.8) is 0 Å². The minimum Gasteiger partial charge on any atom is -0.286 e. The molecule has 16 heteroatoms. The third-order valence-electron chi connectivity index (χ3n) is 6.27. The molecule has 0 aliphatic heterocycles. The van der Waals surface area contributed by atoms with E-state index in [0.717, 1.165) is 5.56 Å². The monoisotopic (exact) mass is 670 g/mol. The fraction of sp³-hybridized carbons (Fsp3) is 0.103. The van der Waals surface area contributed by atoms with Gasteiger partial charge in [0.15, 0.2) is 0 Å². The van der Waals surface area contributed by atoms with Gasteiger partial charge in [-0.2, -0.15) is 25.3 Å².